The molecule has 1 atom stereocenters. The molecule has 56 valence electrons. The fraction of sp³-hybridized carbons (Fsp3) is 0.833. The number of hydrogen-bond acceptors (Lipinski definition) is 2. The summed E-state index contributed by atoms with van der Waals surface area (Å²) < 4.78 is 0. The van der Waals surface area contributed by atoms with Crippen LogP contribution in [-0.4, -0.2) is 13.0 Å². The average Bonchev–Trinajstić information content (AvgIpc) is 1.88. The van der Waals surface area contributed by atoms with E-state index in [0.29, 0.717) is 0 Å². The van der Waals surface area contributed by atoms with Crippen molar-refractivity contribution in [3.8, 4) is 0 Å². The monoisotopic (exact) mass is 133 g/mol. The Hall–Kier alpha value is -0.570. The van der Waals surface area contributed by atoms with Gasteiger partial charge in [0, 0.05) is 12.4 Å². The fourth-order valence-electron chi connectivity index (χ4n) is 0.204. The molecule has 0 aromatic carbocycles. The Morgan fingerprint density at radius 2 is 2.11 bits per heavy atom. The predicted molar refractivity (Wildman–Crippen MR) is 33.3 cm³/mol. The first-order valence-electron chi connectivity index (χ1n) is 3.07. The van der Waals surface area contributed by atoms with E-state index in [9.17, 15) is 0 Å². The second-order valence-corrected chi connectivity index (χ2v) is 1.90. The van der Waals surface area contributed by atoms with Crippen molar-refractivity contribution in [2.45, 2.75) is 20.3 Å². The molecule has 0 saturated heterocycles. The maximum absolute atomic E-state index is 8.25. The van der Waals surface area contributed by atoms with Gasteiger partial charge in [-0.05, 0) is 6.42 Å². The maximum Gasteiger partial charge on any atom is 0.0765 e. The normalized spacial score (nSPS) is 11.0. The first kappa shape index (κ1) is 11.3. The van der Waals surface area contributed by atoms with Crippen molar-refractivity contribution in [1.82, 2.24) is 0 Å². The minimum atomic E-state index is -0.500. The minimum absolute atomic E-state index is 0.500. The SMILES string of the molecule is CCC(C)C[NH3+].O=C[O-]. The maximum atomic E-state index is 8.25. The smallest absolute Gasteiger partial charge is 0.0765 e. The van der Waals surface area contributed by atoms with Crippen LogP contribution in [0.1, 0.15) is 20.3 Å². The van der Waals surface area contributed by atoms with E-state index < -0.39 is 6.47 Å². The molecule has 0 saturated carbocycles. The molecule has 0 spiro atoms. The molecule has 1 unspecified atom stereocenters. The van der Waals surface area contributed by atoms with Crippen LogP contribution in [0.3, 0.4) is 0 Å². The lowest BCUT2D eigenvalue weighted by Gasteiger charge is -1.96. The van der Waals surface area contributed by atoms with Crippen molar-refractivity contribution >= 4 is 6.47 Å². The van der Waals surface area contributed by atoms with Gasteiger partial charge in [-0.25, -0.2) is 0 Å². The molecule has 9 heavy (non-hydrogen) atoms. The van der Waals surface area contributed by atoms with Gasteiger partial charge < -0.3 is 15.6 Å². The van der Waals surface area contributed by atoms with Crippen molar-refractivity contribution < 1.29 is 15.6 Å². The molecule has 3 N–H and O–H groups in total. The molecule has 0 aromatic rings. The third-order valence-corrected chi connectivity index (χ3v) is 1.19. The third-order valence-electron chi connectivity index (χ3n) is 1.19. The van der Waals surface area contributed by atoms with Crippen molar-refractivity contribution in [3.63, 3.8) is 0 Å². The van der Waals surface area contributed by atoms with E-state index in [1.807, 2.05) is 0 Å². The largest absolute Gasteiger partial charge is 0.554 e. The second-order valence-electron chi connectivity index (χ2n) is 1.90. The molecule has 0 radical (unpaired) electrons. The van der Waals surface area contributed by atoms with Gasteiger partial charge in [0.2, 0.25) is 0 Å². The average molecular weight is 133 g/mol. The molecule has 3 nitrogen and oxygen atoms in total. The highest BCUT2D eigenvalue weighted by molar-refractivity contribution is 5.29. The van der Waals surface area contributed by atoms with E-state index in [2.05, 4.69) is 19.6 Å². The van der Waals surface area contributed by atoms with Crippen LogP contribution in [0.5, 0.6) is 0 Å². The Labute approximate surface area is 55.9 Å². The number of carbonyl (C=O) groups is 1. The van der Waals surface area contributed by atoms with E-state index in [0.717, 1.165) is 12.5 Å². The highest BCUT2D eigenvalue weighted by Crippen LogP contribution is 1.92. The molecule has 0 aliphatic carbocycles. The topological polar surface area (TPSA) is 67.8 Å². The number of rotatable bonds is 2. The van der Waals surface area contributed by atoms with Gasteiger partial charge in [0.1, 0.15) is 0 Å². The first-order chi connectivity index (χ1) is 4.22. The van der Waals surface area contributed by atoms with Gasteiger partial charge in [0.05, 0.1) is 6.54 Å². The van der Waals surface area contributed by atoms with Gasteiger partial charge in [-0.15, -0.1) is 0 Å². The molecule has 3 heteroatoms. The van der Waals surface area contributed by atoms with Crippen LogP contribution in [0, 0.1) is 5.92 Å². The van der Waals surface area contributed by atoms with Crippen LogP contribution in [0.15, 0.2) is 0 Å². The van der Waals surface area contributed by atoms with Crippen molar-refractivity contribution in [3.05, 3.63) is 0 Å². The van der Waals surface area contributed by atoms with Gasteiger partial charge in [-0.2, -0.15) is 0 Å². The summed E-state index contributed by atoms with van der Waals surface area (Å²) in [4.78, 5) is 8.25. The fourth-order valence-corrected chi connectivity index (χ4v) is 0.204. The lowest BCUT2D eigenvalue weighted by atomic mass is 10.1. The Morgan fingerprint density at radius 1 is 1.78 bits per heavy atom. The quantitative estimate of drug-likeness (QED) is 0.473. The van der Waals surface area contributed by atoms with Crippen LogP contribution >= 0.6 is 0 Å². The number of hydrogen-bond donors (Lipinski definition) is 1. The lowest BCUT2D eigenvalue weighted by Crippen LogP contribution is -2.52. The zero-order chi connectivity index (χ0) is 7.70. The van der Waals surface area contributed by atoms with Gasteiger partial charge in [0.15, 0.2) is 0 Å². The van der Waals surface area contributed by atoms with E-state index in [1.165, 1.54) is 6.42 Å². The molecule has 0 fully saturated rings. The van der Waals surface area contributed by atoms with Gasteiger partial charge in [-0.3, -0.25) is 0 Å². The molecule has 0 aliphatic rings. The number of carboxylic acid groups (broad SMARTS) is 1. The summed E-state index contributed by atoms with van der Waals surface area (Å²) in [6.07, 6.45) is 1.27. The van der Waals surface area contributed by atoms with Crippen LogP contribution < -0.4 is 10.8 Å². The molecule has 0 aliphatic heterocycles. The molecule has 0 heterocycles. The Bertz CT molecular complexity index is 53.0. The zero-order valence-corrected chi connectivity index (χ0v) is 6.09. The Morgan fingerprint density at radius 3 is 2.11 bits per heavy atom. The number of carbonyl (C=O) groups excluding carboxylic acids is 1. The molecule has 0 amide bonds. The summed E-state index contributed by atoms with van der Waals surface area (Å²) in [5, 5.41) is 8.25. The Balaban J connectivity index is 0. The van der Waals surface area contributed by atoms with Crippen molar-refractivity contribution in [2.24, 2.45) is 5.92 Å². The second kappa shape index (κ2) is 10.4. The van der Waals surface area contributed by atoms with Crippen LogP contribution in [0.4, 0.5) is 0 Å². The summed E-state index contributed by atoms with van der Waals surface area (Å²) in [6, 6.07) is 0. The third kappa shape index (κ3) is 18.6. The highest BCUT2D eigenvalue weighted by atomic mass is 16.3. The standard InChI is InChI=1S/C5H13N.CH2O2/c1-3-5(2)4-6;2-1-3/h5H,3-4,6H2,1-2H3;1H,(H,2,3). The highest BCUT2D eigenvalue weighted by Gasteiger charge is 1.92. The summed E-state index contributed by atoms with van der Waals surface area (Å²) in [6.45, 7) is 4.99. The molecule has 0 rings (SSSR count). The van der Waals surface area contributed by atoms with E-state index >= 15 is 0 Å². The van der Waals surface area contributed by atoms with Crippen LogP contribution in [0.25, 0.3) is 0 Å². The van der Waals surface area contributed by atoms with Gasteiger partial charge >= 0.3 is 0 Å². The van der Waals surface area contributed by atoms with Gasteiger partial charge in [-0.1, -0.05) is 13.8 Å². The molecule has 0 aromatic heterocycles. The molecular formula is C6H15NO2. The summed E-state index contributed by atoms with van der Waals surface area (Å²) >= 11 is 0. The lowest BCUT2D eigenvalue weighted by molar-refractivity contribution is -0.378. The Kier molecular flexibility index (Phi) is 13.0. The summed E-state index contributed by atoms with van der Waals surface area (Å²) in [5.74, 6) is 0.824. The van der Waals surface area contributed by atoms with E-state index in [1.54, 1.807) is 0 Å². The van der Waals surface area contributed by atoms with Crippen LogP contribution in [-0.2, 0) is 4.79 Å². The van der Waals surface area contributed by atoms with Crippen molar-refractivity contribution in [2.75, 3.05) is 6.54 Å². The van der Waals surface area contributed by atoms with E-state index in [-0.39, 0.29) is 0 Å². The van der Waals surface area contributed by atoms with E-state index in [4.69, 9.17) is 9.90 Å². The van der Waals surface area contributed by atoms with Crippen LogP contribution in [0.2, 0.25) is 0 Å². The minimum Gasteiger partial charge on any atom is -0.554 e. The van der Waals surface area contributed by atoms with Gasteiger partial charge in [0.25, 0.3) is 0 Å². The summed E-state index contributed by atoms with van der Waals surface area (Å²) in [5.41, 5.74) is 3.76. The predicted octanol–water partition coefficient (Wildman–Crippen LogP) is -1.36. The molecular weight excluding hydrogens is 118 g/mol. The molecule has 0 bridgehead atoms. The zero-order valence-electron chi connectivity index (χ0n) is 6.09. The number of quaternary nitrogens is 1. The van der Waals surface area contributed by atoms with Crippen molar-refractivity contribution in [1.29, 1.82) is 0 Å². The summed E-state index contributed by atoms with van der Waals surface area (Å²) in [7, 11) is 0. The first-order valence-corrected chi connectivity index (χ1v) is 3.07.